The number of rotatable bonds is 4. The molecule has 0 saturated heterocycles. The van der Waals surface area contributed by atoms with Crippen molar-refractivity contribution in [3.05, 3.63) is 41.4 Å². The Kier molecular flexibility index (Phi) is 3.42. The number of benzene rings is 1. The molecule has 1 aromatic carbocycles. The van der Waals surface area contributed by atoms with Crippen molar-refractivity contribution in [3.63, 3.8) is 0 Å². The molecule has 0 aliphatic carbocycles. The molecular formula is C13H11FN4OS. The molecule has 0 unspecified atom stereocenters. The van der Waals surface area contributed by atoms with Crippen LogP contribution in [0, 0.1) is 5.82 Å². The third-order valence-electron chi connectivity index (χ3n) is 2.85. The highest BCUT2D eigenvalue weighted by molar-refractivity contribution is 7.16. The second-order valence-corrected chi connectivity index (χ2v) is 5.02. The zero-order valence-electron chi connectivity index (χ0n) is 10.4. The summed E-state index contributed by atoms with van der Waals surface area (Å²) >= 11 is 1.46. The van der Waals surface area contributed by atoms with Gasteiger partial charge in [0.05, 0.1) is 5.51 Å². The Labute approximate surface area is 118 Å². The Hall–Kier alpha value is -2.28. The quantitative estimate of drug-likeness (QED) is 0.773. The van der Waals surface area contributed by atoms with E-state index in [1.807, 2.05) is 0 Å². The van der Waals surface area contributed by atoms with Crippen LogP contribution in [-0.2, 0) is 6.42 Å². The van der Waals surface area contributed by atoms with Gasteiger partial charge in [-0.05, 0) is 24.1 Å². The molecule has 3 aromatic rings. The number of phenolic OH excluding ortho intramolecular Hbond substituents is 1. The van der Waals surface area contributed by atoms with E-state index < -0.39 is 5.82 Å². The highest BCUT2D eigenvalue weighted by Crippen LogP contribution is 2.21. The van der Waals surface area contributed by atoms with Crippen molar-refractivity contribution in [2.75, 3.05) is 11.9 Å². The molecule has 3 rings (SSSR count). The third kappa shape index (κ3) is 2.53. The predicted molar refractivity (Wildman–Crippen MR) is 75.5 cm³/mol. The summed E-state index contributed by atoms with van der Waals surface area (Å²) in [5.41, 5.74) is 3.27. The number of halogens is 1. The molecule has 0 amide bonds. The average Bonchev–Trinajstić information content (AvgIpc) is 2.92. The molecule has 2 aromatic heterocycles. The average molecular weight is 290 g/mol. The zero-order valence-corrected chi connectivity index (χ0v) is 11.2. The number of hydrogen-bond acceptors (Lipinski definition) is 6. The fraction of sp³-hybridized carbons (Fsp3) is 0.154. The number of hydrogen-bond donors (Lipinski definition) is 2. The van der Waals surface area contributed by atoms with Gasteiger partial charge in [-0.3, -0.25) is 0 Å². The fourth-order valence-electron chi connectivity index (χ4n) is 1.85. The summed E-state index contributed by atoms with van der Waals surface area (Å²) < 4.78 is 13.2. The van der Waals surface area contributed by atoms with Crippen molar-refractivity contribution in [1.82, 2.24) is 15.0 Å². The van der Waals surface area contributed by atoms with Crippen molar-refractivity contribution >= 4 is 27.5 Å². The van der Waals surface area contributed by atoms with E-state index in [4.69, 9.17) is 5.11 Å². The monoisotopic (exact) mass is 290 g/mol. The van der Waals surface area contributed by atoms with Crippen LogP contribution in [0.4, 0.5) is 10.2 Å². The van der Waals surface area contributed by atoms with Gasteiger partial charge in [-0.2, -0.15) is 0 Å². The number of anilines is 1. The lowest BCUT2D eigenvalue weighted by molar-refractivity contribution is 0.432. The Morgan fingerprint density at radius 3 is 3.00 bits per heavy atom. The summed E-state index contributed by atoms with van der Waals surface area (Å²) in [4.78, 5) is 13.3. The van der Waals surface area contributed by atoms with Crippen LogP contribution < -0.4 is 5.32 Å². The maximum Gasteiger partial charge on any atom is 0.165 e. The first kappa shape index (κ1) is 12.7. The molecule has 102 valence electrons. The normalized spacial score (nSPS) is 10.8. The lowest BCUT2D eigenvalue weighted by Crippen LogP contribution is -2.07. The van der Waals surface area contributed by atoms with Gasteiger partial charge in [-0.1, -0.05) is 6.07 Å². The van der Waals surface area contributed by atoms with Gasteiger partial charge < -0.3 is 10.4 Å². The number of nitrogens with zero attached hydrogens (tertiary/aromatic N) is 3. The minimum absolute atomic E-state index is 0.332. The van der Waals surface area contributed by atoms with Gasteiger partial charge in [0.25, 0.3) is 0 Å². The van der Waals surface area contributed by atoms with Gasteiger partial charge in [-0.25, -0.2) is 19.3 Å². The highest BCUT2D eigenvalue weighted by atomic mass is 32.1. The predicted octanol–water partition coefficient (Wildman–Crippen LogP) is 2.59. The first-order valence-electron chi connectivity index (χ1n) is 5.99. The van der Waals surface area contributed by atoms with E-state index in [1.165, 1.54) is 29.8 Å². The van der Waals surface area contributed by atoms with Gasteiger partial charge in [-0.15, -0.1) is 11.3 Å². The maximum atomic E-state index is 13.2. The van der Waals surface area contributed by atoms with Crippen molar-refractivity contribution in [2.45, 2.75) is 6.42 Å². The summed E-state index contributed by atoms with van der Waals surface area (Å²) in [5, 5.41) is 12.3. The van der Waals surface area contributed by atoms with E-state index in [-0.39, 0.29) is 5.75 Å². The molecule has 7 heteroatoms. The van der Waals surface area contributed by atoms with Crippen LogP contribution in [0.5, 0.6) is 5.75 Å². The van der Waals surface area contributed by atoms with Gasteiger partial charge >= 0.3 is 0 Å². The summed E-state index contributed by atoms with van der Waals surface area (Å²) in [6.07, 6.45) is 2.11. The van der Waals surface area contributed by atoms with E-state index in [0.717, 1.165) is 15.9 Å². The molecule has 0 saturated carbocycles. The van der Waals surface area contributed by atoms with E-state index >= 15 is 0 Å². The number of fused-ring (bicyclic) bond motifs is 1. The largest absolute Gasteiger partial charge is 0.505 e. The minimum atomic E-state index is -0.605. The Morgan fingerprint density at radius 1 is 1.25 bits per heavy atom. The van der Waals surface area contributed by atoms with E-state index in [9.17, 15) is 4.39 Å². The number of nitrogens with one attached hydrogen (secondary N) is 1. The summed E-state index contributed by atoms with van der Waals surface area (Å²) in [6.45, 7) is 0.591. The molecule has 0 aliphatic rings. The van der Waals surface area contributed by atoms with Crippen LogP contribution in [0.15, 0.2) is 30.0 Å². The number of phenols is 1. The molecule has 2 N–H and O–H groups in total. The SMILES string of the molecule is Oc1ccc(CCNc2ncnc3scnc23)cc1F. The van der Waals surface area contributed by atoms with Crippen LogP contribution >= 0.6 is 11.3 Å². The number of aromatic nitrogens is 3. The van der Waals surface area contributed by atoms with Gasteiger partial charge in [0.2, 0.25) is 0 Å². The molecule has 0 spiro atoms. The molecule has 0 fully saturated rings. The first-order chi connectivity index (χ1) is 9.74. The third-order valence-corrected chi connectivity index (χ3v) is 3.59. The Balaban J connectivity index is 1.68. The van der Waals surface area contributed by atoms with Crippen LogP contribution in [0.3, 0.4) is 0 Å². The Morgan fingerprint density at radius 2 is 2.15 bits per heavy atom. The van der Waals surface area contributed by atoms with Crippen molar-refractivity contribution in [2.24, 2.45) is 0 Å². The summed E-state index contributed by atoms with van der Waals surface area (Å²) in [6, 6.07) is 4.38. The van der Waals surface area contributed by atoms with Crippen LogP contribution in [-0.4, -0.2) is 26.6 Å². The standard InChI is InChI=1S/C13H11FN4OS/c14-9-5-8(1-2-10(9)19)3-4-15-12-11-13(17-6-16-12)20-7-18-11/h1-2,5-7,19H,3-4H2,(H,15,16,17). The molecule has 20 heavy (non-hydrogen) atoms. The smallest absolute Gasteiger partial charge is 0.165 e. The highest BCUT2D eigenvalue weighted by Gasteiger charge is 2.06. The van der Waals surface area contributed by atoms with Gasteiger partial charge in [0.15, 0.2) is 17.4 Å². The number of aromatic hydroxyl groups is 1. The second-order valence-electron chi connectivity index (χ2n) is 4.19. The molecule has 5 nitrogen and oxygen atoms in total. The fourth-order valence-corrected chi connectivity index (χ4v) is 2.48. The number of thiazole rings is 1. The van der Waals surface area contributed by atoms with E-state index in [2.05, 4.69) is 20.3 Å². The van der Waals surface area contributed by atoms with Crippen molar-refractivity contribution in [1.29, 1.82) is 0 Å². The minimum Gasteiger partial charge on any atom is -0.505 e. The van der Waals surface area contributed by atoms with Gasteiger partial charge in [0, 0.05) is 6.54 Å². The molecule has 0 atom stereocenters. The topological polar surface area (TPSA) is 70.9 Å². The lowest BCUT2D eigenvalue weighted by Gasteiger charge is -2.06. The molecule has 0 bridgehead atoms. The van der Waals surface area contributed by atoms with E-state index in [1.54, 1.807) is 11.6 Å². The summed E-state index contributed by atoms with van der Waals surface area (Å²) in [5.74, 6) is -0.261. The molecule has 2 heterocycles. The van der Waals surface area contributed by atoms with Crippen LogP contribution in [0.25, 0.3) is 10.3 Å². The van der Waals surface area contributed by atoms with Crippen LogP contribution in [0.2, 0.25) is 0 Å². The van der Waals surface area contributed by atoms with Crippen molar-refractivity contribution < 1.29 is 9.50 Å². The van der Waals surface area contributed by atoms with Crippen molar-refractivity contribution in [3.8, 4) is 5.75 Å². The second kappa shape index (κ2) is 5.38. The Bertz CT molecular complexity index is 746. The summed E-state index contributed by atoms with van der Waals surface area (Å²) in [7, 11) is 0. The van der Waals surface area contributed by atoms with E-state index in [0.29, 0.717) is 18.8 Å². The zero-order chi connectivity index (χ0) is 13.9. The maximum absolute atomic E-state index is 13.2. The molecule has 0 radical (unpaired) electrons. The lowest BCUT2D eigenvalue weighted by atomic mass is 10.1. The van der Waals surface area contributed by atoms with Gasteiger partial charge in [0.1, 0.15) is 16.7 Å². The first-order valence-corrected chi connectivity index (χ1v) is 6.87. The molecular weight excluding hydrogens is 279 g/mol. The molecule has 0 aliphatic heterocycles. The van der Waals surface area contributed by atoms with Crippen LogP contribution in [0.1, 0.15) is 5.56 Å².